The van der Waals surface area contributed by atoms with Crippen LogP contribution in [0.4, 0.5) is 0 Å². The number of carboxylic acids is 1. The largest absolute Gasteiger partial charge is 0.480 e. The zero-order valence-corrected chi connectivity index (χ0v) is 9.17. The second kappa shape index (κ2) is 5.07. The minimum Gasteiger partial charge on any atom is -0.480 e. The summed E-state index contributed by atoms with van der Waals surface area (Å²) in [5, 5.41) is 9.32. The van der Waals surface area contributed by atoms with Gasteiger partial charge < -0.3 is 5.11 Å². The summed E-state index contributed by atoms with van der Waals surface area (Å²) in [7, 11) is 0. The molecule has 4 nitrogen and oxygen atoms in total. The van der Waals surface area contributed by atoms with Crippen LogP contribution >= 0.6 is 0 Å². The van der Waals surface area contributed by atoms with Crippen LogP contribution in [0.5, 0.6) is 0 Å². The maximum atomic E-state index is 11.3. The Bertz CT molecular complexity index is 347. The van der Waals surface area contributed by atoms with Gasteiger partial charge in [0.25, 0.3) is 0 Å². The molecule has 0 bridgehead atoms. The molecule has 16 heavy (non-hydrogen) atoms. The van der Waals surface area contributed by atoms with E-state index in [9.17, 15) is 9.90 Å². The third-order valence-corrected chi connectivity index (χ3v) is 3.01. The highest BCUT2D eigenvalue weighted by molar-refractivity contribution is 5.75. The van der Waals surface area contributed by atoms with Crippen molar-refractivity contribution in [1.82, 2.24) is 9.88 Å². The van der Waals surface area contributed by atoms with Crippen molar-refractivity contribution in [3.05, 3.63) is 30.1 Å². The Hall–Kier alpha value is -1.42. The predicted octanol–water partition coefficient (Wildman–Crippen LogP) is 1.69. The normalized spacial score (nSPS) is 19.2. The van der Waals surface area contributed by atoms with Crippen LogP contribution in [0, 0.1) is 0 Å². The van der Waals surface area contributed by atoms with E-state index in [0.717, 1.165) is 31.5 Å². The molecule has 86 valence electrons. The Labute approximate surface area is 94.9 Å². The van der Waals surface area contributed by atoms with Crippen molar-refractivity contribution >= 4 is 5.97 Å². The molecular weight excluding hydrogens is 204 g/mol. The average molecular weight is 220 g/mol. The Kier molecular flexibility index (Phi) is 3.51. The molecule has 0 radical (unpaired) electrons. The van der Waals surface area contributed by atoms with Crippen LogP contribution < -0.4 is 0 Å². The fourth-order valence-corrected chi connectivity index (χ4v) is 2.23. The molecular formula is C12H16N2O2. The van der Waals surface area contributed by atoms with Crippen molar-refractivity contribution in [1.29, 1.82) is 0 Å². The van der Waals surface area contributed by atoms with Crippen LogP contribution in [0.25, 0.3) is 0 Å². The SMILES string of the molecule is O=C(O)[C@@H](c1ccncc1)N1CCCCC1. The smallest absolute Gasteiger partial charge is 0.325 e. The average Bonchev–Trinajstić information content (AvgIpc) is 2.31. The number of carboxylic acid groups (broad SMARTS) is 1. The number of hydrogen-bond acceptors (Lipinski definition) is 3. The van der Waals surface area contributed by atoms with Crippen LogP contribution in [0.3, 0.4) is 0 Å². The van der Waals surface area contributed by atoms with Gasteiger partial charge in [0.15, 0.2) is 0 Å². The highest BCUT2D eigenvalue weighted by Gasteiger charge is 2.28. The highest BCUT2D eigenvalue weighted by Crippen LogP contribution is 2.24. The molecule has 1 N–H and O–H groups in total. The molecule has 1 aromatic rings. The van der Waals surface area contributed by atoms with Crippen molar-refractivity contribution in [3.63, 3.8) is 0 Å². The van der Waals surface area contributed by atoms with E-state index in [0.29, 0.717) is 0 Å². The number of nitrogens with zero attached hydrogens (tertiary/aromatic N) is 2. The number of rotatable bonds is 3. The maximum Gasteiger partial charge on any atom is 0.325 e. The summed E-state index contributed by atoms with van der Waals surface area (Å²) in [6.45, 7) is 1.75. The molecule has 2 heterocycles. The van der Waals surface area contributed by atoms with Crippen molar-refractivity contribution in [3.8, 4) is 0 Å². The topological polar surface area (TPSA) is 53.4 Å². The standard InChI is InChI=1S/C12H16N2O2/c15-12(16)11(10-4-6-13-7-5-10)14-8-2-1-3-9-14/h4-7,11H,1-3,8-9H2,(H,15,16)/t11-/m1/s1. The van der Waals surface area contributed by atoms with Gasteiger partial charge in [-0.1, -0.05) is 6.42 Å². The van der Waals surface area contributed by atoms with E-state index < -0.39 is 12.0 Å². The molecule has 1 aromatic heterocycles. The fraction of sp³-hybridized carbons (Fsp3) is 0.500. The Morgan fingerprint density at radius 1 is 1.25 bits per heavy atom. The number of pyridine rings is 1. The molecule has 0 saturated carbocycles. The van der Waals surface area contributed by atoms with Gasteiger partial charge in [0.2, 0.25) is 0 Å². The van der Waals surface area contributed by atoms with E-state index in [4.69, 9.17) is 0 Å². The molecule has 0 spiro atoms. The molecule has 0 aliphatic carbocycles. The fourth-order valence-electron chi connectivity index (χ4n) is 2.23. The summed E-state index contributed by atoms with van der Waals surface area (Å²) in [5.41, 5.74) is 0.824. The summed E-state index contributed by atoms with van der Waals surface area (Å²) in [6, 6.07) is 3.06. The lowest BCUT2D eigenvalue weighted by atomic mass is 10.0. The van der Waals surface area contributed by atoms with E-state index >= 15 is 0 Å². The number of piperidine rings is 1. The quantitative estimate of drug-likeness (QED) is 0.842. The summed E-state index contributed by atoms with van der Waals surface area (Å²) < 4.78 is 0. The van der Waals surface area contributed by atoms with E-state index in [-0.39, 0.29) is 0 Å². The van der Waals surface area contributed by atoms with Crippen LogP contribution in [-0.4, -0.2) is 34.0 Å². The van der Waals surface area contributed by atoms with Gasteiger partial charge in [-0.3, -0.25) is 14.7 Å². The van der Waals surface area contributed by atoms with Crippen LogP contribution in [0.2, 0.25) is 0 Å². The predicted molar refractivity (Wildman–Crippen MR) is 60.0 cm³/mol. The van der Waals surface area contributed by atoms with Crippen LogP contribution in [-0.2, 0) is 4.79 Å². The number of hydrogen-bond donors (Lipinski definition) is 1. The van der Waals surface area contributed by atoms with Crippen molar-refractivity contribution in [2.45, 2.75) is 25.3 Å². The molecule has 1 aliphatic heterocycles. The number of carbonyl (C=O) groups is 1. The van der Waals surface area contributed by atoms with Gasteiger partial charge in [0.05, 0.1) is 0 Å². The Morgan fingerprint density at radius 2 is 1.88 bits per heavy atom. The molecule has 1 atom stereocenters. The first-order chi connectivity index (χ1) is 7.79. The molecule has 0 aromatic carbocycles. The van der Waals surface area contributed by atoms with Crippen molar-refractivity contribution < 1.29 is 9.90 Å². The highest BCUT2D eigenvalue weighted by atomic mass is 16.4. The van der Waals surface area contributed by atoms with Gasteiger partial charge in [0.1, 0.15) is 6.04 Å². The Morgan fingerprint density at radius 3 is 2.44 bits per heavy atom. The van der Waals surface area contributed by atoms with E-state index in [1.54, 1.807) is 24.5 Å². The third-order valence-electron chi connectivity index (χ3n) is 3.01. The van der Waals surface area contributed by atoms with Crippen molar-refractivity contribution in [2.75, 3.05) is 13.1 Å². The van der Waals surface area contributed by atoms with E-state index in [2.05, 4.69) is 4.98 Å². The molecule has 4 heteroatoms. The lowest BCUT2D eigenvalue weighted by Crippen LogP contribution is -2.37. The molecule has 2 rings (SSSR count). The molecule has 1 aliphatic rings. The van der Waals surface area contributed by atoms with Gasteiger partial charge in [-0.15, -0.1) is 0 Å². The first kappa shape index (κ1) is 11.1. The summed E-state index contributed by atoms with van der Waals surface area (Å²) in [5.74, 6) is -0.770. The zero-order chi connectivity index (χ0) is 11.4. The summed E-state index contributed by atoms with van der Waals surface area (Å²) in [6.07, 6.45) is 6.69. The van der Waals surface area contributed by atoms with Gasteiger partial charge in [-0.25, -0.2) is 0 Å². The minimum absolute atomic E-state index is 0.511. The van der Waals surface area contributed by atoms with Crippen LogP contribution in [0.15, 0.2) is 24.5 Å². The Balaban J connectivity index is 2.20. The minimum atomic E-state index is -0.770. The summed E-state index contributed by atoms with van der Waals surface area (Å²) >= 11 is 0. The zero-order valence-electron chi connectivity index (χ0n) is 9.17. The number of aromatic nitrogens is 1. The lowest BCUT2D eigenvalue weighted by molar-refractivity contribution is -0.144. The second-order valence-corrected chi connectivity index (χ2v) is 4.12. The van der Waals surface area contributed by atoms with Gasteiger partial charge in [0, 0.05) is 12.4 Å². The third kappa shape index (κ3) is 2.39. The summed E-state index contributed by atoms with van der Waals surface area (Å²) in [4.78, 5) is 17.3. The van der Waals surface area contributed by atoms with Crippen molar-refractivity contribution in [2.24, 2.45) is 0 Å². The van der Waals surface area contributed by atoms with Gasteiger partial charge >= 0.3 is 5.97 Å². The van der Waals surface area contributed by atoms with E-state index in [1.807, 2.05) is 4.90 Å². The second-order valence-electron chi connectivity index (χ2n) is 4.12. The van der Waals surface area contributed by atoms with Gasteiger partial charge in [-0.05, 0) is 43.6 Å². The molecule has 0 unspecified atom stereocenters. The number of likely N-dealkylation sites (tertiary alicyclic amines) is 1. The first-order valence-corrected chi connectivity index (χ1v) is 5.66. The van der Waals surface area contributed by atoms with Gasteiger partial charge in [-0.2, -0.15) is 0 Å². The monoisotopic (exact) mass is 220 g/mol. The molecule has 1 fully saturated rings. The lowest BCUT2D eigenvalue weighted by Gasteiger charge is -2.32. The first-order valence-electron chi connectivity index (χ1n) is 5.66. The molecule has 1 saturated heterocycles. The van der Waals surface area contributed by atoms with E-state index in [1.165, 1.54) is 6.42 Å². The maximum absolute atomic E-state index is 11.3. The van der Waals surface area contributed by atoms with Crippen LogP contribution in [0.1, 0.15) is 30.9 Å². The molecule has 0 amide bonds. The number of aliphatic carboxylic acids is 1.